The molecular formula is C16H27ClN2O3. The molecule has 0 amide bonds. The molecule has 5 nitrogen and oxygen atoms in total. The second kappa shape index (κ2) is 9.08. The average Bonchev–Trinajstić information content (AvgIpc) is 2.55. The third-order valence-electron chi connectivity index (χ3n) is 4.19. The van der Waals surface area contributed by atoms with Gasteiger partial charge in [-0.05, 0) is 33.0 Å². The third kappa shape index (κ3) is 4.41. The summed E-state index contributed by atoms with van der Waals surface area (Å²) in [5, 5.41) is 3.36. The van der Waals surface area contributed by atoms with Gasteiger partial charge in [-0.1, -0.05) is 0 Å². The number of methoxy groups -OCH3 is 3. The lowest BCUT2D eigenvalue weighted by Crippen LogP contribution is -2.40. The van der Waals surface area contributed by atoms with Crippen molar-refractivity contribution in [2.45, 2.75) is 25.4 Å². The van der Waals surface area contributed by atoms with Crippen molar-refractivity contribution in [1.82, 2.24) is 10.2 Å². The van der Waals surface area contributed by atoms with E-state index < -0.39 is 0 Å². The summed E-state index contributed by atoms with van der Waals surface area (Å²) >= 11 is 0. The van der Waals surface area contributed by atoms with Crippen molar-refractivity contribution in [1.29, 1.82) is 0 Å². The molecule has 0 aliphatic carbocycles. The second-order valence-corrected chi connectivity index (χ2v) is 5.35. The van der Waals surface area contributed by atoms with E-state index in [2.05, 4.69) is 10.2 Å². The lowest BCUT2D eigenvalue weighted by Gasteiger charge is -2.32. The van der Waals surface area contributed by atoms with Gasteiger partial charge in [0, 0.05) is 24.7 Å². The lowest BCUT2D eigenvalue weighted by molar-refractivity contribution is 0.190. The number of piperidine rings is 1. The van der Waals surface area contributed by atoms with E-state index in [4.69, 9.17) is 14.2 Å². The van der Waals surface area contributed by atoms with Crippen molar-refractivity contribution in [3.63, 3.8) is 0 Å². The zero-order valence-corrected chi connectivity index (χ0v) is 14.7. The minimum Gasteiger partial charge on any atom is -0.496 e. The first kappa shape index (κ1) is 18.9. The highest BCUT2D eigenvalue weighted by molar-refractivity contribution is 5.85. The van der Waals surface area contributed by atoms with Gasteiger partial charge in [-0.15, -0.1) is 12.4 Å². The summed E-state index contributed by atoms with van der Waals surface area (Å²) in [6.07, 6.45) is 2.36. The van der Waals surface area contributed by atoms with Crippen molar-refractivity contribution in [3.05, 3.63) is 17.7 Å². The summed E-state index contributed by atoms with van der Waals surface area (Å²) in [5.41, 5.74) is 1.09. The van der Waals surface area contributed by atoms with Crippen LogP contribution >= 0.6 is 12.4 Å². The molecule has 0 unspecified atom stereocenters. The highest BCUT2D eigenvalue weighted by Crippen LogP contribution is 2.35. The molecule has 22 heavy (non-hydrogen) atoms. The van der Waals surface area contributed by atoms with Gasteiger partial charge >= 0.3 is 0 Å². The first-order valence-corrected chi connectivity index (χ1v) is 7.40. The molecule has 6 heteroatoms. The molecule has 126 valence electrons. The Morgan fingerprint density at radius 3 is 2.00 bits per heavy atom. The molecule has 1 N–H and O–H groups in total. The van der Waals surface area contributed by atoms with Gasteiger partial charge in [0.15, 0.2) is 0 Å². The van der Waals surface area contributed by atoms with E-state index in [1.807, 2.05) is 19.2 Å². The molecule has 1 aliphatic rings. The Hall–Kier alpha value is -1.17. The number of nitrogens with one attached hydrogen (secondary N) is 1. The number of benzene rings is 1. The lowest BCUT2D eigenvalue weighted by atomic mass is 10.0. The second-order valence-electron chi connectivity index (χ2n) is 5.35. The van der Waals surface area contributed by atoms with Crippen LogP contribution < -0.4 is 19.5 Å². The summed E-state index contributed by atoms with van der Waals surface area (Å²) in [7, 11) is 7.06. The van der Waals surface area contributed by atoms with Crippen LogP contribution in [0, 0.1) is 0 Å². The quantitative estimate of drug-likeness (QED) is 0.867. The van der Waals surface area contributed by atoms with Gasteiger partial charge in [0.2, 0.25) is 0 Å². The molecule has 0 atom stereocenters. The zero-order chi connectivity index (χ0) is 15.2. The predicted molar refractivity (Wildman–Crippen MR) is 90.7 cm³/mol. The molecular weight excluding hydrogens is 304 g/mol. The van der Waals surface area contributed by atoms with Gasteiger partial charge in [0.05, 0.1) is 26.9 Å². The average molecular weight is 331 g/mol. The number of ether oxygens (including phenoxy) is 3. The van der Waals surface area contributed by atoms with Gasteiger partial charge in [0.1, 0.15) is 17.2 Å². The normalized spacial score (nSPS) is 16.0. The monoisotopic (exact) mass is 330 g/mol. The number of likely N-dealkylation sites (tertiary alicyclic amines) is 1. The van der Waals surface area contributed by atoms with E-state index in [0.717, 1.165) is 42.4 Å². The molecule has 1 aromatic rings. The molecule has 0 radical (unpaired) electrons. The first-order valence-electron chi connectivity index (χ1n) is 7.40. The maximum atomic E-state index is 5.52. The Morgan fingerprint density at radius 2 is 1.59 bits per heavy atom. The Labute approximate surface area is 139 Å². The molecule has 1 fully saturated rings. The van der Waals surface area contributed by atoms with Crippen LogP contribution in [0.2, 0.25) is 0 Å². The van der Waals surface area contributed by atoms with E-state index in [0.29, 0.717) is 6.04 Å². The summed E-state index contributed by atoms with van der Waals surface area (Å²) in [6.45, 7) is 3.01. The van der Waals surface area contributed by atoms with E-state index >= 15 is 0 Å². The van der Waals surface area contributed by atoms with Crippen molar-refractivity contribution < 1.29 is 14.2 Å². The summed E-state index contributed by atoms with van der Waals surface area (Å²) in [4.78, 5) is 2.45. The summed E-state index contributed by atoms with van der Waals surface area (Å²) in [6, 6.07) is 4.47. The molecule has 2 rings (SSSR count). The first-order chi connectivity index (χ1) is 10.2. The number of hydrogen-bond donors (Lipinski definition) is 1. The predicted octanol–water partition coefficient (Wildman–Crippen LogP) is 2.32. The molecule has 1 aromatic carbocycles. The van der Waals surface area contributed by atoms with Crippen LogP contribution in [0.4, 0.5) is 0 Å². The zero-order valence-electron chi connectivity index (χ0n) is 13.8. The van der Waals surface area contributed by atoms with Crippen LogP contribution in [0.3, 0.4) is 0 Å². The molecule has 1 heterocycles. The molecule has 0 bridgehead atoms. The maximum Gasteiger partial charge on any atom is 0.130 e. The summed E-state index contributed by atoms with van der Waals surface area (Å²) in [5.74, 6) is 2.39. The Balaban J connectivity index is 0.00000242. The standard InChI is InChI=1S/C16H26N2O3.ClH/c1-17-12-5-7-18(8-6-12)11-14-15(20-3)9-13(19-2)10-16(14)21-4;/h9-10,12,17H,5-8,11H2,1-4H3;1H. The van der Waals surface area contributed by atoms with Crippen molar-refractivity contribution >= 4 is 12.4 Å². The van der Waals surface area contributed by atoms with Crippen LogP contribution in [-0.2, 0) is 6.54 Å². The van der Waals surface area contributed by atoms with Gasteiger partial charge < -0.3 is 19.5 Å². The minimum atomic E-state index is 0. The van der Waals surface area contributed by atoms with E-state index in [1.165, 1.54) is 12.8 Å². The summed E-state index contributed by atoms with van der Waals surface area (Å²) < 4.78 is 16.3. The molecule has 1 aliphatic heterocycles. The fourth-order valence-corrected chi connectivity index (χ4v) is 2.84. The fourth-order valence-electron chi connectivity index (χ4n) is 2.84. The molecule has 1 saturated heterocycles. The van der Waals surface area contributed by atoms with Crippen LogP contribution in [0.5, 0.6) is 17.2 Å². The largest absolute Gasteiger partial charge is 0.496 e. The van der Waals surface area contributed by atoms with Crippen LogP contribution in [0.15, 0.2) is 12.1 Å². The van der Waals surface area contributed by atoms with Crippen LogP contribution in [0.1, 0.15) is 18.4 Å². The molecule has 0 spiro atoms. The topological polar surface area (TPSA) is 43.0 Å². The van der Waals surface area contributed by atoms with Gasteiger partial charge in [0.25, 0.3) is 0 Å². The van der Waals surface area contributed by atoms with Crippen LogP contribution in [-0.4, -0.2) is 52.4 Å². The minimum absolute atomic E-state index is 0. The SMILES string of the molecule is CNC1CCN(Cc2c(OC)cc(OC)cc2OC)CC1.Cl. The van der Waals surface area contributed by atoms with Crippen molar-refractivity contribution in [3.8, 4) is 17.2 Å². The maximum absolute atomic E-state index is 5.52. The van der Waals surface area contributed by atoms with Crippen molar-refractivity contribution in [2.75, 3.05) is 41.5 Å². The fraction of sp³-hybridized carbons (Fsp3) is 0.625. The Morgan fingerprint density at radius 1 is 1.05 bits per heavy atom. The molecule has 0 saturated carbocycles. The van der Waals surface area contributed by atoms with Crippen molar-refractivity contribution in [2.24, 2.45) is 0 Å². The number of halogens is 1. The smallest absolute Gasteiger partial charge is 0.130 e. The van der Waals surface area contributed by atoms with E-state index in [-0.39, 0.29) is 12.4 Å². The van der Waals surface area contributed by atoms with E-state index in [1.54, 1.807) is 21.3 Å². The molecule has 0 aromatic heterocycles. The van der Waals surface area contributed by atoms with Gasteiger partial charge in [-0.2, -0.15) is 0 Å². The third-order valence-corrected chi connectivity index (χ3v) is 4.19. The number of hydrogen-bond acceptors (Lipinski definition) is 5. The Bertz CT molecular complexity index is 438. The highest BCUT2D eigenvalue weighted by Gasteiger charge is 2.21. The number of nitrogens with zero attached hydrogens (tertiary/aromatic N) is 1. The highest BCUT2D eigenvalue weighted by atomic mass is 35.5. The van der Waals surface area contributed by atoms with Crippen LogP contribution in [0.25, 0.3) is 0 Å². The number of rotatable bonds is 6. The van der Waals surface area contributed by atoms with Gasteiger partial charge in [-0.25, -0.2) is 0 Å². The van der Waals surface area contributed by atoms with Gasteiger partial charge in [-0.3, -0.25) is 4.90 Å². The van der Waals surface area contributed by atoms with E-state index in [9.17, 15) is 0 Å². The Kier molecular flexibility index (Phi) is 7.79.